The maximum Gasteiger partial charge on any atom is 0.280 e. The Morgan fingerprint density at radius 2 is 1.88 bits per heavy atom. The molecule has 0 spiro atoms. The van der Waals surface area contributed by atoms with Crippen LogP contribution in [0.3, 0.4) is 0 Å². The third kappa shape index (κ3) is 2.56. The largest absolute Gasteiger partial charge is 0.497 e. The Kier molecular flexibility index (Phi) is 3.28. The van der Waals surface area contributed by atoms with Crippen molar-refractivity contribution in [3.63, 3.8) is 0 Å². The first-order chi connectivity index (χ1) is 8.20. The number of nitrogens with zero attached hydrogens (tertiary/aromatic N) is 2. The van der Waals surface area contributed by atoms with E-state index in [4.69, 9.17) is 4.74 Å². The van der Waals surface area contributed by atoms with Gasteiger partial charge >= 0.3 is 0 Å². The molecule has 2 aromatic rings. The fraction of sp³-hybridized carbons (Fsp3) is 0.214. The molecule has 88 valence electrons. The van der Waals surface area contributed by atoms with Gasteiger partial charge in [-0.3, -0.25) is 0 Å². The molecule has 17 heavy (non-hydrogen) atoms. The molecule has 0 aliphatic carbocycles. The summed E-state index contributed by atoms with van der Waals surface area (Å²) in [4.78, 5) is 0. The summed E-state index contributed by atoms with van der Waals surface area (Å²) < 4.78 is 9.29. The van der Waals surface area contributed by atoms with Crippen LogP contribution in [0.25, 0.3) is 12.2 Å². The summed E-state index contributed by atoms with van der Waals surface area (Å²) in [7, 11) is 5.75. The predicted octanol–water partition coefficient (Wildman–Crippen LogP) is 2.03. The second kappa shape index (κ2) is 4.87. The third-order valence-electron chi connectivity index (χ3n) is 2.78. The Morgan fingerprint density at radius 1 is 1.18 bits per heavy atom. The van der Waals surface area contributed by atoms with Gasteiger partial charge in [0.1, 0.15) is 18.1 Å². The molecular formula is C14H17N2O+. The van der Waals surface area contributed by atoms with E-state index >= 15 is 0 Å². The van der Waals surface area contributed by atoms with E-state index in [9.17, 15) is 0 Å². The van der Waals surface area contributed by atoms with Crippen LogP contribution >= 0.6 is 0 Å². The average molecular weight is 229 g/mol. The lowest BCUT2D eigenvalue weighted by atomic mass is 10.2. The van der Waals surface area contributed by atoms with Crippen molar-refractivity contribution >= 4 is 12.2 Å². The lowest BCUT2D eigenvalue weighted by molar-refractivity contribution is -0.672. The Bertz CT molecular complexity index is 504. The summed E-state index contributed by atoms with van der Waals surface area (Å²) in [5.41, 5.74) is 1.16. The van der Waals surface area contributed by atoms with Crippen LogP contribution in [0, 0.1) is 0 Å². The number of benzene rings is 1. The van der Waals surface area contributed by atoms with Crippen molar-refractivity contribution in [1.82, 2.24) is 4.57 Å². The van der Waals surface area contributed by atoms with Crippen molar-refractivity contribution in [2.24, 2.45) is 14.1 Å². The summed E-state index contributed by atoms with van der Waals surface area (Å²) in [5, 5.41) is 0. The van der Waals surface area contributed by atoms with E-state index in [1.165, 1.54) is 0 Å². The van der Waals surface area contributed by atoms with Crippen molar-refractivity contribution in [1.29, 1.82) is 0 Å². The van der Waals surface area contributed by atoms with Gasteiger partial charge in [-0.1, -0.05) is 12.1 Å². The highest BCUT2D eigenvalue weighted by Gasteiger charge is 2.05. The van der Waals surface area contributed by atoms with Gasteiger partial charge in [-0.15, -0.1) is 0 Å². The molecule has 0 saturated carbocycles. The van der Waals surface area contributed by atoms with Crippen LogP contribution in [0.4, 0.5) is 0 Å². The maximum absolute atomic E-state index is 5.13. The molecule has 1 aromatic heterocycles. The van der Waals surface area contributed by atoms with Crippen LogP contribution in [0.15, 0.2) is 36.7 Å². The second-order valence-electron chi connectivity index (χ2n) is 3.98. The van der Waals surface area contributed by atoms with Crippen molar-refractivity contribution in [2.75, 3.05) is 7.11 Å². The van der Waals surface area contributed by atoms with E-state index in [0.29, 0.717) is 0 Å². The smallest absolute Gasteiger partial charge is 0.280 e. The standard InChI is InChI=1S/C14H17N2O/c1-15-10-11-16(2)14(15)9-6-12-4-7-13(17-3)8-5-12/h4-11H,1-3H3/q+1. The fourth-order valence-corrected chi connectivity index (χ4v) is 1.72. The average Bonchev–Trinajstić information content (AvgIpc) is 2.67. The SMILES string of the molecule is COc1ccc(C=Cc2n(C)cc[n+]2C)cc1. The highest BCUT2D eigenvalue weighted by molar-refractivity contribution is 5.66. The first-order valence-electron chi connectivity index (χ1n) is 5.54. The van der Waals surface area contributed by atoms with Gasteiger partial charge in [0, 0.05) is 6.08 Å². The Hall–Kier alpha value is -2.03. The number of rotatable bonds is 3. The molecular weight excluding hydrogens is 212 g/mol. The highest BCUT2D eigenvalue weighted by atomic mass is 16.5. The van der Waals surface area contributed by atoms with Crippen molar-refractivity contribution in [2.45, 2.75) is 0 Å². The summed E-state index contributed by atoms with van der Waals surface area (Å²) in [6.45, 7) is 0. The van der Waals surface area contributed by atoms with Gasteiger partial charge in [0.05, 0.1) is 21.2 Å². The molecule has 0 amide bonds. The van der Waals surface area contributed by atoms with Crippen LogP contribution in [0.2, 0.25) is 0 Å². The van der Waals surface area contributed by atoms with Crippen LogP contribution in [-0.2, 0) is 14.1 Å². The first kappa shape index (κ1) is 11.5. The zero-order valence-electron chi connectivity index (χ0n) is 10.4. The van der Waals surface area contributed by atoms with Crippen molar-refractivity contribution in [3.8, 4) is 5.75 Å². The first-order valence-corrected chi connectivity index (χ1v) is 5.54. The Labute approximate surface area is 102 Å². The molecule has 3 heteroatoms. The minimum absolute atomic E-state index is 0.881. The number of hydrogen-bond donors (Lipinski definition) is 0. The minimum Gasteiger partial charge on any atom is -0.497 e. The highest BCUT2D eigenvalue weighted by Crippen LogP contribution is 2.13. The van der Waals surface area contributed by atoms with E-state index in [1.807, 2.05) is 50.8 Å². The maximum atomic E-state index is 5.13. The molecule has 0 aliphatic heterocycles. The van der Waals surface area contributed by atoms with Gasteiger partial charge in [-0.05, 0) is 23.8 Å². The molecule has 0 fully saturated rings. The molecule has 0 N–H and O–H groups in total. The van der Waals surface area contributed by atoms with Crippen LogP contribution in [0.1, 0.15) is 11.4 Å². The quantitative estimate of drug-likeness (QED) is 0.736. The van der Waals surface area contributed by atoms with Gasteiger partial charge in [-0.2, -0.15) is 0 Å². The van der Waals surface area contributed by atoms with Crippen LogP contribution in [0.5, 0.6) is 5.75 Å². The van der Waals surface area contributed by atoms with Crippen LogP contribution in [-0.4, -0.2) is 11.7 Å². The van der Waals surface area contributed by atoms with Gasteiger partial charge in [0.25, 0.3) is 5.82 Å². The van der Waals surface area contributed by atoms with Gasteiger partial charge in [-0.25, -0.2) is 9.13 Å². The summed E-state index contributed by atoms with van der Waals surface area (Å²) in [6.07, 6.45) is 8.26. The number of aryl methyl sites for hydroxylation is 2. The zero-order valence-corrected chi connectivity index (χ0v) is 10.4. The number of hydrogen-bond acceptors (Lipinski definition) is 1. The molecule has 2 rings (SSSR count). The van der Waals surface area contributed by atoms with Crippen molar-refractivity contribution < 1.29 is 9.30 Å². The molecule has 0 unspecified atom stereocenters. The summed E-state index contributed by atoms with van der Waals surface area (Å²) in [5.74, 6) is 2.03. The van der Waals surface area contributed by atoms with Crippen molar-refractivity contribution in [3.05, 3.63) is 48.0 Å². The molecule has 1 aromatic carbocycles. The van der Waals surface area contributed by atoms with E-state index in [1.54, 1.807) is 7.11 Å². The molecule has 1 heterocycles. The number of methoxy groups -OCH3 is 1. The summed E-state index contributed by atoms with van der Waals surface area (Å²) in [6, 6.07) is 8.01. The molecule has 3 nitrogen and oxygen atoms in total. The van der Waals surface area contributed by atoms with E-state index in [0.717, 1.165) is 17.1 Å². The number of aromatic nitrogens is 2. The Morgan fingerprint density at radius 3 is 2.41 bits per heavy atom. The fourth-order valence-electron chi connectivity index (χ4n) is 1.72. The summed E-state index contributed by atoms with van der Waals surface area (Å²) >= 11 is 0. The van der Waals surface area contributed by atoms with E-state index in [-0.39, 0.29) is 0 Å². The lowest BCUT2D eigenvalue weighted by Crippen LogP contribution is -2.29. The molecule has 0 bridgehead atoms. The van der Waals surface area contributed by atoms with E-state index in [2.05, 4.69) is 21.3 Å². The normalized spacial score (nSPS) is 11.0. The molecule has 0 aliphatic rings. The monoisotopic (exact) mass is 229 g/mol. The molecule has 0 radical (unpaired) electrons. The number of imidazole rings is 1. The van der Waals surface area contributed by atoms with Gasteiger partial charge in [0.15, 0.2) is 0 Å². The molecule has 0 saturated heterocycles. The number of ether oxygens (including phenoxy) is 1. The third-order valence-corrected chi connectivity index (χ3v) is 2.78. The lowest BCUT2D eigenvalue weighted by Gasteiger charge is -1.98. The zero-order chi connectivity index (χ0) is 12.3. The van der Waals surface area contributed by atoms with E-state index < -0.39 is 0 Å². The minimum atomic E-state index is 0.881. The topological polar surface area (TPSA) is 18.0 Å². The van der Waals surface area contributed by atoms with Gasteiger partial charge < -0.3 is 4.74 Å². The second-order valence-corrected chi connectivity index (χ2v) is 3.98. The molecule has 0 atom stereocenters. The predicted molar refractivity (Wildman–Crippen MR) is 68.5 cm³/mol. The Balaban J connectivity index is 2.20. The van der Waals surface area contributed by atoms with Gasteiger partial charge in [0.2, 0.25) is 0 Å². The van der Waals surface area contributed by atoms with Crippen LogP contribution < -0.4 is 9.30 Å².